The third kappa shape index (κ3) is 4.54. The summed E-state index contributed by atoms with van der Waals surface area (Å²) in [4.78, 5) is 5.71. The van der Waals surface area contributed by atoms with Gasteiger partial charge in [-0.25, -0.2) is 0 Å². The van der Waals surface area contributed by atoms with E-state index in [4.69, 9.17) is 16.4 Å². The van der Waals surface area contributed by atoms with Crippen molar-refractivity contribution in [2.24, 2.45) is 0 Å². The highest BCUT2D eigenvalue weighted by molar-refractivity contribution is 6.17. The topological polar surface area (TPSA) is 12.5 Å². The van der Waals surface area contributed by atoms with Crippen molar-refractivity contribution < 1.29 is 4.84 Å². The van der Waals surface area contributed by atoms with Gasteiger partial charge in [0.2, 0.25) is 0 Å². The molecule has 0 spiro atoms. The summed E-state index contributed by atoms with van der Waals surface area (Å²) in [5.74, 6) is 0.658. The molecular formula is C12H18ClNO. The van der Waals surface area contributed by atoms with E-state index in [2.05, 4.69) is 0 Å². The van der Waals surface area contributed by atoms with Gasteiger partial charge in [0.1, 0.15) is 0 Å². The number of hydroxylamine groups is 1. The predicted octanol–water partition coefficient (Wildman–Crippen LogP) is 3.46. The van der Waals surface area contributed by atoms with E-state index in [0.29, 0.717) is 5.88 Å². The molecule has 0 saturated carbocycles. The Morgan fingerprint density at radius 3 is 2.47 bits per heavy atom. The predicted molar refractivity (Wildman–Crippen MR) is 65.3 cm³/mol. The molecule has 0 aliphatic carbocycles. The van der Waals surface area contributed by atoms with Gasteiger partial charge >= 0.3 is 0 Å². The van der Waals surface area contributed by atoms with E-state index in [1.165, 1.54) is 0 Å². The van der Waals surface area contributed by atoms with E-state index in [-0.39, 0.29) is 6.10 Å². The van der Waals surface area contributed by atoms with Gasteiger partial charge in [-0.3, -0.25) is 9.90 Å². The fraction of sp³-hybridized carbons (Fsp3) is 0.500. The van der Waals surface area contributed by atoms with E-state index < -0.39 is 0 Å². The van der Waals surface area contributed by atoms with Crippen LogP contribution in [0.4, 0.5) is 5.69 Å². The molecular weight excluding hydrogens is 210 g/mol. The molecule has 0 N–H and O–H groups in total. The van der Waals surface area contributed by atoms with Crippen LogP contribution in [0, 0.1) is 0 Å². The van der Waals surface area contributed by atoms with E-state index in [1.807, 2.05) is 49.2 Å². The molecule has 0 radical (unpaired) electrons. The van der Waals surface area contributed by atoms with Gasteiger partial charge in [0.15, 0.2) is 0 Å². The minimum Gasteiger partial charge on any atom is -0.271 e. The maximum absolute atomic E-state index is 5.71. The molecule has 0 fully saturated rings. The first-order valence-corrected chi connectivity index (χ1v) is 5.83. The quantitative estimate of drug-likeness (QED) is 0.545. The molecule has 0 aliphatic rings. The van der Waals surface area contributed by atoms with Gasteiger partial charge in [0.05, 0.1) is 11.8 Å². The molecule has 0 heterocycles. The number of para-hydroxylation sites is 1. The van der Waals surface area contributed by atoms with Gasteiger partial charge in [-0.2, -0.15) is 0 Å². The van der Waals surface area contributed by atoms with Crippen molar-refractivity contribution in [3.63, 3.8) is 0 Å². The second-order valence-electron chi connectivity index (χ2n) is 3.63. The molecule has 1 aromatic rings. The van der Waals surface area contributed by atoms with Crippen LogP contribution in [0.1, 0.15) is 20.3 Å². The first-order valence-electron chi connectivity index (χ1n) is 5.29. The molecule has 0 amide bonds. The molecule has 0 bridgehead atoms. The van der Waals surface area contributed by atoms with Crippen LogP contribution < -0.4 is 5.06 Å². The monoisotopic (exact) mass is 227 g/mol. The van der Waals surface area contributed by atoms with Gasteiger partial charge in [-0.15, -0.1) is 11.6 Å². The third-order valence-corrected chi connectivity index (χ3v) is 2.14. The summed E-state index contributed by atoms with van der Waals surface area (Å²) in [6, 6.07) is 10.1. The summed E-state index contributed by atoms with van der Waals surface area (Å²) >= 11 is 5.69. The molecule has 3 heteroatoms. The summed E-state index contributed by atoms with van der Waals surface area (Å²) in [7, 11) is 0. The first kappa shape index (κ1) is 12.3. The summed E-state index contributed by atoms with van der Waals surface area (Å²) < 4.78 is 0. The smallest absolute Gasteiger partial charge is 0.0800 e. The van der Waals surface area contributed by atoms with Crippen molar-refractivity contribution in [2.75, 3.05) is 17.5 Å². The second kappa shape index (κ2) is 6.70. The Labute approximate surface area is 96.8 Å². The van der Waals surface area contributed by atoms with E-state index in [1.54, 1.807) is 0 Å². The van der Waals surface area contributed by atoms with Crippen molar-refractivity contribution in [3.05, 3.63) is 30.3 Å². The lowest BCUT2D eigenvalue weighted by Crippen LogP contribution is -2.28. The molecule has 0 unspecified atom stereocenters. The molecule has 84 valence electrons. The lowest BCUT2D eigenvalue weighted by atomic mass is 10.3. The van der Waals surface area contributed by atoms with E-state index >= 15 is 0 Å². The number of benzene rings is 1. The Morgan fingerprint density at radius 2 is 1.93 bits per heavy atom. The van der Waals surface area contributed by atoms with Crippen molar-refractivity contribution in [1.29, 1.82) is 0 Å². The zero-order valence-corrected chi connectivity index (χ0v) is 10.1. The van der Waals surface area contributed by atoms with Crippen LogP contribution in [-0.2, 0) is 4.84 Å². The molecule has 1 rings (SSSR count). The van der Waals surface area contributed by atoms with Crippen molar-refractivity contribution in [1.82, 2.24) is 0 Å². The van der Waals surface area contributed by atoms with E-state index in [0.717, 1.165) is 18.7 Å². The van der Waals surface area contributed by atoms with Gasteiger partial charge in [0, 0.05) is 12.4 Å². The second-order valence-corrected chi connectivity index (χ2v) is 4.01. The van der Waals surface area contributed by atoms with Crippen LogP contribution >= 0.6 is 11.6 Å². The van der Waals surface area contributed by atoms with Crippen LogP contribution in [0.2, 0.25) is 0 Å². The van der Waals surface area contributed by atoms with Gasteiger partial charge < -0.3 is 0 Å². The average molecular weight is 228 g/mol. The number of alkyl halides is 1. The average Bonchev–Trinajstić information content (AvgIpc) is 2.25. The SMILES string of the molecule is CC(C)ON(CCCCl)c1ccccc1. The van der Waals surface area contributed by atoms with Crippen molar-refractivity contribution in [3.8, 4) is 0 Å². The number of hydrogen-bond donors (Lipinski definition) is 0. The van der Waals surface area contributed by atoms with Gasteiger partial charge in [-0.05, 0) is 32.4 Å². The Bertz CT molecular complexity index is 264. The molecule has 1 aromatic carbocycles. The molecule has 15 heavy (non-hydrogen) atoms. The highest BCUT2D eigenvalue weighted by Gasteiger charge is 2.07. The molecule has 0 aromatic heterocycles. The Balaban J connectivity index is 2.63. The zero-order valence-electron chi connectivity index (χ0n) is 9.32. The molecule has 0 atom stereocenters. The fourth-order valence-electron chi connectivity index (χ4n) is 1.29. The lowest BCUT2D eigenvalue weighted by molar-refractivity contribution is 0.0560. The van der Waals surface area contributed by atoms with Gasteiger partial charge in [-0.1, -0.05) is 18.2 Å². The molecule has 0 saturated heterocycles. The highest BCUT2D eigenvalue weighted by Crippen LogP contribution is 2.15. The summed E-state index contributed by atoms with van der Waals surface area (Å²) in [5, 5.41) is 1.91. The van der Waals surface area contributed by atoms with E-state index in [9.17, 15) is 0 Å². The first-order chi connectivity index (χ1) is 7.24. The molecule has 2 nitrogen and oxygen atoms in total. The Kier molecular flexibility index (Phi) is 5.51. The molecule has 0 aliphatic heterocycles. The maximum Gasteiger partial charge on any atom is 0.0800 e. The normalized spacial score (nSPS) is 10.7. The number of halogens is 1. The number of anilines is 1. The third-order valence-electron chi connectivity index (χ3n) is 1.88. The van der Waals surface area contributed by atoms with Crippen LogP contribution in [0.3, 0.4) is 0 Å². The van der Waals surface area contributed by atoms with Crippen LogP contribution in [0.15, 0.2) is 30.3 Å². The van der Waals surface area contributed by atoms with Crippen molar-refractivity contribution >= 4 is 17.3 Å². The zero-order chi connectivity index (χ0) is 11.1. The standard InChI is InChI=1S/C12H18ClNO/c1-11(2)15-14(10-6-9-13)12-7-4-3-5-8-12/h3-5,7-8,11H,6,9-10H2,1-2H3. The van der Waals surface area contributed by atoms with Crippen molar-refractivity contribution in [2.45, 2.75) is 26.4 Å². The number of rotatable bonds is 6. The minimum atomic E-state index is 0.181. The van der Waals surface area contributed by atoms with Crippen LogP contribution in [-0.4, -0.2) is 18.5 Å². The maximum atomic E-state index is 5.71. The minimum absolute atomic E-state index is 0.181. The Hall–Kier alpha value is -0.730. The van der Waals surface area contributed by atoms with Gasteiger partial charge in [0.25, 0.3) is 0 Å². The fourth-order valence-corrected chi connectivity index (χ4v) is 1.41. The highest BCUT2D eigenvalue weighted by atomic mass is 35.5. The summed E-state index contributed by atoms with van der Waals surface area (Å²) in [6.07, 6.45) is 1.10. The largest absolute Gasteiger partial charge is 0.271 e. The lowest BCUT2D eigenvalue weighted by Gasteiger charge is -2.25. The Morgan fingerprint density at radius 1 is 1.27 bits per heavy atom. The van der Waals surface area contributed by atoms with Crippen LogP contribution in [0.5, 0.6) is 0 Å². The van der Waals surface area contributed by atoms with Crippen LogP contribution in [0.25, 0.3) is 0 Å². The summed E-state index contributed by atoms with van der Waals surface area (Å²) in [5.41, 5.74) is 1.08. The number of nitrogens with zero attached hydrogens (tertiary/aromatic N) is 1. The summed E-state index contributed by atoms with van der Waals surface area (Å²) in [6.45, 7) is 4.87. The number of hydrogen-bond acceptors (Lipinski definition) is 2.